The molecule has 0 aliphatic rings. The smallest absolute Gasteiger partial charge is 0.228 e. The summed E-state index contributed by atoms with van der Waals surface area (Å²) < 4.78 is 0. The average molecular weight is 266 g/mol. The molecule has 0 atom stereocenters. The fraction of sp³-hybridized carbons (Fsp3) is 0.636. The molecule has 0 unspecified atom stereocenters. The number of nitriles is 1. The number of nitrogens with zero attached hydrogens (tertiary/aromatic N) is 4. The van der Waals surface area contributed by atoms with E-state index in [1.54, 1.807) is 0 Å². The summed E-state index contributed by atoms with van der Waals surface area (Å²) >= 11 is 1.46. The number of aromatic nitrogens is 3. The van der Waals surface area contributed by atoms with Crippen LogP contribution in [0.4, 0.5) is 11.9 Å². The molecule has 18 heavy (non-hydrogen) atoms. The van der Waals surface area contributed by atoms with Crippen LogP contribution in [0.15, 0.2) is 5.16 Å². The highest BCUT2D eigenvalue weighted by atomic mass is 32.2. The molecule has 2 N–H and O–H groups in total. The van der Waals surface area contributed by atoms with Crippen molar-refractivity contribution in [1.29, 1.82) is 5.26 Å². The van der Waals surface area contributed by atoms with Crippen LogP contribution in [-0.4, -0.2) is 33.3 Å². The number of hydrogen-bond acceptors (Lipinski definition) is 7. The molecular formula is C11H18N6S. The zero-order valence-electron chi connectivity index (χ0n) is 11.1. The van der Waals surface area contributed by atoms with Crippen LogP contribution in [0.3, 0.4) is 0 Å². The SMILES string of the molecule is CCNc1nc(NC(C)(C)CC#N)nc(SC)n1. The molecule has 0 saturated carbocycles. The molecule has 1 aromatic rings. The number of thioether (sulfide) groups is 1. The first-order valence-electron chi connectivity index (χ1n) is 5.70. The molecule has 0 bridgehead atoms. The van der Waals surface area contributed by atoms with Crippen LogP contribution < -0.4 is 10.6 Å². The molecule has 0 radical (unpaired) electrons. The molecule has 0 amide bonds. The van der Waals surface area contributed by atoms with Gasteiger partial charge in [0.1, 0.15) is 0 Å². The van der Waals surface area contributed by atoms with Gasteiger partial charge in [0.15, 0.2) is 5.16 Å². The van der Waals surface area contributed by atoms with E-state index in [1.807, 2.05) is 27.0 Å². The Balaban J connectivity index is 2.94. The van der Waals surface area contributed by atoms with Crippen LogP contribution >= 0.6 is 11.8 Å². The fourth-order valence-corrected chi connectivity index (χ4v) is 1.64. The Labute approximate surface area is 112 Å². The topological polar surface area (TPSA) is 86.5 Å². The Morgan fingerprint density at radius 1 is 1.28 bits per heavy atom. The monoisotopic (exact) mass is 266 g/mol. The van der Waals surface area contributed by atoms with Gasteiger partial charge in [-0.1, -0.05) is 11.8 Å². The van der Waals surface area contributed by atoms with Crippen LogP contribution in [0.2, 0.25) is 0 Å². The van der Waals surface area contributed by atoms with Gasteiger partial charge in [0.2, 0.25) is 11.9 Å². The van der Waals surface area contributed by atoms with Gasteiger partial charge in [-0.2, -0.15) is 20.2 Å². The second-order valence-corrected chi connectivity index (χ2v) is 5.12. The summed E-state index contributed by atoms with van der Waals surface area (Å²) in [7, 11) is 0. The third kappa shape index (κ3) is 4.37. The van der Waals surface area contributed by atoms with E-state index < -0.39 is 0 Å². The summed E-state index contributed by atoms with van der Waals surface area (Å²) in [4.78, 5) is 12.8. The minimum absolute atomic E-state index is 0.366. The molecule has 0 fully saturated rings. The summed E-state index contributed by atoms with van der Waals surface area (Å²) in [5.41, 5.74) is -0.366. The molecule has 1 heterocycles. The molecule has 7 heteroatoms. The number of nitrogens with one attached hydrogen (secondary N) is 2. The molecule has 1 rings (SSSR count). The number of anilines is 2. The van der Waals surface area contributed by atoms with Gasteiger partial charge in [-0.05, 0) is 27.0 Å². The van der Waals surface area contributed by atoms with E-state index in [-0.39, 0.29) is 5.54 Å². The molecular weight excluding hydrogens is 248 g/mol. The van der Waals surface area contributed by atoms with Gasteiger partial charge in [-0.15, -0.1) is 0 Å². The molecule has 0 aliphatic carbocycles. The van der Waals surface area contributed by atoms with Gasteiger partial charge >= 0.3 is 0 Å². The lowest BCUT2D eigenvalue weighted by Gasteiger charge is -2.23. The van der Waals surface area contributed by atoms with Gasteiger partial charge in [-0.3, -0.25) is 0 Å². The first kappa shape index (κ1) is 14.5. The van der Waals surface area contributed by atoms with E-state index >= 15 is 0 Å². The van der Waals surface area contributed by atoms with E-state index in [9.17, 15) is 0 Å². The highest BCUT2D eigenvalue weighted by molar-refractivity contribution is 7.98. The largest absolute Gasteiger partial charge is 0.354 e. The highest BCUT2D eigenvalue weighted by Crippen LogP contribution is 2.18. The molecule has 0 aromatic carbocycles. The van der Waals surface area contributed by atoms with Gasteiger partial charge in [-0.25, -0.2) is 0 Å². The van der Waals surface area contributed by atoms with Gasteiger partial charge in [0, 0.05) is 12.1 Å². The van der Waals surface area contributed by atoms with Crippen molar-refractivity contribution >= 4 is 23.7 Å². The van der Waals surface area contributed by atoms with Gasteiger partial charge < -0.3 is 10.6 Å². The van der Waals surface area contributed by atoms with Crippen molar-refractivity contribution in [3.63, 3.8) is 0 Å². The van der Waals surface area contributed by atoms with E-state index in [2.05, 4.69) is 31.7 Å². The van der Waals surface area contributed by atoms with Crippen molar-refractivity contribution in [2.24, 2.45) is 0 Å². The molecule has 98 valence electrons. The highest BCUT2D eigenvalue weighted by Gasteiger charge is 2.19. The zero-order valence-corrected chi connectivity index (χ0v) is 11.9. The average Bonchev–Trinajstić information content (AvgIpc) is 2.28. The third-order valence-electron chi connectivity index (χ3n) is 2.10. The van der Waals surface area contributed by atoms with Crippen LogP contribution in [0.1, 0.15) is 27.2 Å². The summed E-state index contributed by atoms with van der Waals surface area (Å²) in [5, 5.41) is 15.6. The predicted octanol–water partition coefficient (Wildman–Crippen LogP) is 2.13. The van der Waals surface area contributed by atoms with Crippen LogP contribution in [0.25, 0.3) is 0 Å². The summed E-state index contributed by atoms with van der Waals surface area (Å²) in [6.45, 7) is 6.60. The van der Waals surface area contributed by atoms with Crippen LogP contribution in [-0.2, 0) is 0 Å². The Bertz CT molecular complexity index is 440. The number of rotatable bonds is 6. The van der Waals surface area contributed by atoms with Crippen molar-refractivity contribution < 1.29 is 0 Å². The van der Waals surface area contributed by atoms with Crippen molar-refractivity contribution in [3.05, 3.63) is 0 Å². The lowest BCUT2D eigenvalue weighted by Crippen LogP contribution is -2.31. The van der Waals surface area contributed by atoms with Crippen LogP contribution in [0, 0.1) is 11.3 Å². The Kier molecular flexibility index (Phi) is 5.16. The second kappa shape index (κ2) is 6.40. The maximum Gasteiger partial charge on any atom is 0.228 e. The first-order valence-corrected chi connectivity index (χ1v) is 6.92. The molecule has 0 saturated heterocycles. The van der Waals surface area contributed by atoms with Crippen molar-refractivity contribution in [3.8, 4) is 6.07 Å². The molecule has 1 aromatic heterocycles. The summed E-state index contributed by atoms with van der Waals surface area (Å²) in [6, 6.07) is 2.14. The first-order chi connectivity index (χ1) is 8.50. The van der Waals surface area contributed by atoms with Gasteiger partial charge in [0.05, 0.1) is 12.5 Å². The summed E-state index contributed by atoms with van der Waals surface area (Å²) in [5.74, 6) is 1.04. The van der Waals surface area contributed by atoms with E-state index in [0.29, 0.717) is 23.5 Å². The third-order valence-corrected chi connectivity index (χ3v) is 2.65. The van der Waals surface area contributed by atoms with E-state index in [1.165, 1.54) is 11.8 Å². The minimum atomic E-state index is -0.366. The minimum Gasteiger partial charge on any atom is -0.354 e. The Morgan fingerprint density at radius 2 is 1.94 bits per heavy atom. The standard InChI is InChI=1S/C11H18N6S/c1-5-13-8-14-9(16-10(15-8)18-4)17-11(2,3)6-7-12/h5-6H2,1-4H3,(H2,13,14,15,16,17). The van der Waals surface area contributed by atoms with Crippen LogP contribution in [0.5, 0.6) is 0 Å². The Morgan fingerprint density at radius 3 is 2.50 bits per heavy atom. The predicted molar refractivity (Wildman–Crippen MR) is 73.7 cm³/mol. The Hall–Kier alpha value is -1.55. The lowest BCUT2D eigenvalue weighted by atomic mass is 10.0. The normalized spacial score (nSPS) is 10.8. The van der Waals surface area contributed by atoms with E-state index in [4.69, 9.17) is 5.26 Å². The van der Waals surface area contributed by atoms with Crippen molar-refractivity contribution in [1.82, 2.24) is 15.0 Å². The van der Waals surface area contributed by atoms with Gasteiger partial charge in [0.25, 0.3) is 0 Å². The molecule has 0 spiro atoms. The zero-order chi connectivity index (χ0) is 13.6. The maximum absolute atomic E-state index is 8.76. The van der Waals surface area contributed by atoms with Crippen molar-refractivity contribution in [2.75, 3.05) is 23.4 Å². The summed E-state index contributed by atoms with van der Waals surface area (Å²) in [6.07, 6.45) is 2.29. The maximum atomic E-state index is 8.76. The van der Waals surface area contributed by atoms with E-state index in [0.717, 1.165) is 6.54 Å². The second-order valence-electron chi connectivity index (χ2n) is 4.34. The molecule has 0 aliphatic heterocycles. The van der Waals surface area contributed by atoms with Crippen molar-refractivity contribution in [2.45, 2.75) is 37.9 Å². The number of hydrogen-bond donors (Lipinski definition) is 2. The lowest BCUT2D eigenvalue weighted by molar-refractivity contribution is 0.574. The quantitative estimate of drug-likeness (QED) is 0.763. The molecule has 6 nitrogen and oxygen atoms in total. The fourth-order valence-electron chi connectivity index (χ4n) is 1.29.